The summed E-state index contributed by atoms with van der Waals surface area (Å²) in [5, 5.41) is 3.24. The quantitative estimate of drug-likeness (QED) is 0.741. The number of esters is 1. The molecule has 0 aliphatic carbocycles. The molecule has 0 unspecified atom stereocenters. The highest BCUT2D eigenvalue weighted by molar-refractivity contribution is 5.95. The molecular formula is C14H23N3O2. The Hall–Kier alpha value is -1.78. The Kier molecular flexibility index (Phi) is 6.12. The van der Waals surface area contributed by atoms with E-state index in [1.165, 1.54) is 6.20 Å². The van der Waals surface area contributed by atoms with Crippen molar-refractivity contribution < 1.29 is 9.53 Å². The summed E-state index contributed by atoms with van der Waals surface area (Å²) in [6, 6.07) is 1.65. The van der Waals surface area contributed by atoms with Gasteiger partial charge in [0.25, 0.3) is 0 Å². The molecule has 0 radical (unpaired) electrons. The van der Waals surface area contributed by atoms with Crippen molar-refractivity contribution in [1.29, 1.82) is 0 Å². The highest BCUT2D eigenvalue weighted by Gasteiger charge is 2.12. The average molecular weight is 265 g/mol. The molecule has 0 amide bonds. The highest BCUT2D eigenvalue weighted by Crippen LogP contribution is 2.17. The minimum absolute atomic E-state index is 0.330. The van der Waals surface area contributed by atoms with Crippen molar-refractivity contribution in [3.8, 4) is 0 Å². The molecule has 5 nitrogen and oxygen atoms in total. The number of nitrogen functional groups attached to an aromatic ring is 1. The van der Waals surface area contributed by atoms with Gasteiger partial charge >= 0.3 is 5.97 Å². The van der Waals surface area contributed by atoms with Crippen molar-refractivity contribution in [1.82, 2.24) is 4.98 Å². The fourth-order valence-electron chi connectivity index (χ4n) is 1.77. The van der Waals surface area contributed by atoms with Crippen LogP contribution < -0.4 is 11.1 Å². The number of carbonyl (C=O) groups excluding carboxylic acids is 1. The van der Waals surface area contributed by atoms with Crippen molar-refractivity contribution in [3.05, 3.63) is 17.8 Å². The SMILES string of the molecule is CCOC(=O)c1cc(NCC(CC)CC)ncc1N. The van der Waals surface area contributed by atoms with Crippen molar-refractivity contribution >= 4 is 17.5 Å². The monoisotopic (exact) mass is 265 g/mol. The zero-order chi connectivity index (χ0) is 14.3. The summed E-state index contributed by atoms with van der Waals surface area (Å²) in [5.74, 6) is 0.850. The average Bonchev–Trinajstić information content (AvgIpc) is 2.41. The van der Waals surface area contributed by atoms with Gasteiger partial charge in [-0.1, -0.05) is 26.7 Å². The minimum Gasteiger partial charge on any atom is -0.462 e. The number of nitrogens with two attached hydrogens (primary N) is 1. The van der Waals surface area contributed by atoms with Gasteiger partial charge in [-0.3, -0.25) is 0 Å². The summed E-state index contributed by atoms with van der Waals surface area (Å²) in [4.78, 5) is 15.9. The van der Waals surface area contributed by atoms with Crippen molar-refractivity contribution in [2.45, 2.75) is 33.6 Å². The first-order valence-electron chi connectivity index (χ1n) is 6.78. The predicted molar refractivity (Wildman–Crippen MR) is 77.2 cm³/mol. The molecule has 0 bridgehead atoms. The van der Waals surface area contributed by atoms with E-state index in [0.29, 0.717) is 29.6 Å². The van der Waals surface area contributed by atoms with Crippen molar-refractivity contribution in [3.63, 3.8) is 0 Å². The molecule has 1 aromatic rings. The van der Waals surface area contributed by atoms with Crippen LogP contribution >= 0.6 is 0 Å². The first kappa shape index (κ1) is 15.3. The fraction of sp³-hybridized carbons (Fsp3) is 0.571. The number of ether oxygens (including phenoxy) is 1. The van der Waals surface area contributed by atoms with E-state index in [1.54, 1.807) is 13.0 Å². The summed E-state index contributed by atoms with van der Waals surface area (Å²) < 4.78 is 4.96. The third-order valence-electron chi connectivity index (χ3n) is 3.16. The van der Waals surface area contributed by atoms with E-state index in [1.807, 2.05) is 0 Å². The van der Waals surface area contributed by atoms with Crippen LogP contribution in [-0.2, 0) is 4.74 Å². The summed E-state index contributed by atoms with van der Waals surface area (Å²) in [6.45, 7) is 7.26. The molecule has 5 heteroatoms. The number of hydrogen-bond acceptors (Lipinski definition) is 5. The molecule has 0 aliphatic rings. The molecule has 0 saturated carbocycles. The molecule has 0 saturated heterocycles. The molecule has 0 fully saturated rings. The second kappa shape index (κ2) is 7.61. The molecule has 1 heterocycles. The first-order valence-corrected chi connectivity index (χ1v) is 6.78. The first-order chi connectivity index (χ1) is 9.12. The van der Waals surface area contributed by atoms with Gasteiger partial charge in [0.15, 0.2) is 0 Å². The van der Waals surface area contributed by atoms with Gasteiger partial charge in [-0.2, -0.15) is 0 Å². The van der Waals surface area contributed by atoms with E-state index in [2.05, 4.69) is 24.1 Å². The summed E-state index contributed by atoms with van der Waals surface area (Å²) >= 11 is 0. The van der Waals surface area contributed by atoms with E-state index < -0.39 is 5.97 Å². The number of pyridine rings is 1. The van der Waals surface area contributed by atoms with Gasteiger partial charge in [0.05, 0.1) is 24.1 Å². The lowest BCUT2D eigenvalue weighted by atomic mass is 10.0. The summed E-state index contributed by atoms with van der Waals surface area (Å²) in [6.07, 6.45) is 3.72. The largest absolute Gasteiger partial charge is 0.462 e. The Bertz CT molecular complexity index is 417. The van der Waals surface area contributed by atoms with Crippen LogP contribution in [0.1, 0.15) is 44.0 Å². The molecule has 1 rings (SSSR count). The number of nitrogens with one attached hydrogen (secondary N) is 1. The maximum Gasteiger partial charge on any atom is 0.340 e. The van der Waals surface area contributed by atoms with Crippen LogP contribution in [0.5, 0.6) is 0 Å². The van der Waals surface area contributed by atoms with Gasteiger partial charge in [0.2, 0.25) is 0 Å². The van der Waals surface area contributed by atoms with Gasteiger partial charge in [-0.25, -0.2) is 9.78 Å². The van der Waals surface area contributed by atoms with Gasteiger partial charge in [-0.15, -0.1) is 0 Å². The van der Waals surface area contributed by atoms with E-state index >= 15 is 0 Å². The molecule has 0 atom stereocenters. The zero-order valence-electron chi connectivity index (χ0n) is 11.9. The Morgan fingerprint density at radius 2 is 2.11 bits per heavy atom. The predicted octanol–water partition coefficient (Wildman–Crippen LogP) is 2.69. The Balaban J connectivity index is 2.75. The van der Waals surface area contributed by atoms with Gasteiger partial charge in [-0.05, 0) is 18.9 Å². The fourth-order valence-corrected chi connectivity index (χ4v) is 1.77. The summed E-state index contributed by atoms with van der Waals surface area (Å²) in [7, 11) is 0. The number of anilines is 2. The highest BCUT2D eigenvalue weighted by atomic mass is 16.5. The molecule has 0 aliphatic heterocycles. The third-order valence-corrected chi connectivity index (χ3v) is 3.16. The zero-order valence-corrected chi connectivity index (χ0v) is 11.9. The number of nitrogens with zero attached hydrogens (tertiary/aromatic N) is 1. The minimum atomic E-state index is -0.409. The molecule has 3 N–H and O–H groups in total. The second-order valence-corrected chi connectivity index (χ2v) is 4.44. The van der Waals surface area contributed by atoms with Gasteiger partial charge < -0.3 is 15.8 Å². The van der Waals surface area contributed by atoms with Crippen LogP contribution in [0.4, 0.5) is 11.5 Å². The lowest BCUT2D eigenvalue weighted by molar-refractivity contribution is 0.0527. The Morgan fingerprint density at radius 3 is 2.68 bits per heavy atom. The van der Waals surface area contributed by atoms with Crippen LogP contribution in [0, 0.1) is 5.92 Å². The van der Waals surface area contributed by atoms with E-state index in [4.69, 9.17) is 10.5 Å². The maximum absolute atomic E-state index is 11.7. The van der Waals surface area contributed by atoms with Crippen LogP contribution in [0.2, 0.25) is 0 Å². The van der Waals surface area contributed by atoms with Crippen LogP contribution in [0.3, 0.4) is 0 Å². The third kappa shape index (κ3) is 4.43. The lowest BCUT2D eigenvalue weighted by Crippen LogP contribution is -2.15. The van der Waals surface area contributed by atoms with Crippen LogP contribution in [0.15, 0.2) is 12.3 Å². The van der Waals surface area contributed by atoms with E-state index in [-0.39, 0.29) is 0 Å². The molecule has 0 aromatic carbocycles. The van der Waals surface area contributed by atoms with E-state index in [0.717, 1.165) is 19.4 Å². The smallest absolute Gasteiger partial charge is 0.340 e. The topological polar surface area (TPSA) is 77.2 Å². The lowest BCUT2D eigenvalue weighted by Gasteiger charge is -2.14. The molecule has 0 spiro atoms. The number of hydrogen-bond donors (Lipinski definition) is 2. The van der Waals surface area contributed by atoms with Crippen LogP contribution in [0.25, 0.3) is 0 Å². The maximum atomic E-state index is 11.7. The second-order valence-electron chi connectivity index (χ2n) is 4.44. The number of carbonyl (C=O) groups is 1. The Labute approximate surface area is 114 Å². The van der Waals surface area contributed by atoms with Crippen molar-refractivity contribution in [2.24, 2.45) is 5.92 Å². The molecule has 19 heavy (non-hydrogen) atoms. The van der Waals surface area contributed by atoms with Crippen molar-refractivity contribution in [2.75, 3.05) is 24.2 Å². The number of rotatable bonds is 7. The standard InChI is InChI=1S/C14H23N3O2/c1-4-10(5-2)8-16-13-7-11(12(15)9-17-13)14(18)19-6-3/h7,9-10H,4-6,8,15H2,1-3H3,(H,16,17). The van der Waals surface area contributed by atoms with E-state index in [9.17, 15) is 4.79 Å². The van der Waals surface area contributed by atoms with Gasteiger partial charge in [0, 0.05) is 6.54 Å². The Morgan fingerprint density at radius 1 is 1.42 bits per heavy atom. The summed E-state index contributed by atoms with van der Waals surface area (Å²) in [5.41, 5.74) is 6.44. The molecule has 1 aromatic heterocycles. The van der Waals surface area contributed by atoms with Gasteiger partial charge in [0.1, 0.15) is 5.82 Å². The molecular weight excluding hydrogens is 242 g/mol. The number of aromatic nitrogens is 1. The normalized spacial score (nSPS) is 10.5. The van der Waals surface area contributed by atoms with Crippen LogP contribution in [-0.4, -0.2) is 24.1 Å². The molecule has 106 valence electrons.